The molecule has 28 heavy (non-hydrogen) atoms. The topological polar surface area (TPSA) is 52.7 Å². The molecule has 1 aromatic rings. The molecule has 1 aromatic carbocycles. The smallest absolute Gasteiger partial charge is 0.253 e. The van der Waals surface area contributed by atoms with Gasteiger partial charge in [-0.2, -0.15) is 0 Å². The molecule has 2 fully saturated rings. The first-order valence-corrected chi connectivity index (χ1v) is 11.0. The van der Waals surface area contributed by atoms with E-state index in [2.05, 4.69) is 17.1 Å². The molecule has 0 bridgehead atoms. The van der Waals surface area contributed by atoms with Gasteiger partial charge in [0, 0.05) is 42.7 Å². The third-order valence-electron chi connectivity index (χ3n) is 6.19. The lowest BCUT2D eigenvalue weighted by Crippen LogP contribution is -2.40. The first-order chi connectivity index (χ1) is 13.6. The minimum absolute atomic E-state index is 0.0516. The molecule has 0 aliphatic carbocycles. The van der Waals surface area contributed by atoms with Gasteiger partial charge in [0.2, 0.25) is 5.91 Å². The van der Waals surface area contributed by atoms with Crippen molar-refractivity contribution in [1.29, 1.82) is 0 Å². The number of hydrogen-bond donors (Lipinski definition) is 1. The van der Waals surface area contributed by atoms with E-state index in [1.807, 2.05) is 17.0 Å². The number of halogens is 1. The van der Waals surface area contributed by atoms with Crippen molar-refractivity contribution < 1.29 is 9.59 Å². The van der Waals surface area contributed by atoms with Crippen LogP contribution in [0.5, 0.6) is 0 Å². The number of carbonyl (C=O) groups excluding carboxylic acids is 2. The summed E-state index contributed by atoms with van der Waals surface area (Å²) in [6.07, 6.45) is 5.85. The van der Waals surface area contributed by atoms with Gasteiger partial charge in [-0.15, -0.1) is 0 Å². The molecule has 2 saturated heterocycles. The van der Waals surface area contributed by atoms with Crippen LogP contribution in [0.25, 0.3) is 0 Å². The van der Waals surface area contributed by atoms with Crippen molar-refractivity contribution in [2.24, 2.45) is 5.92 Å². The summed E-state index contributed by atoms with van der Waals surface area (Å²) >= 11 is 5.99. The number of piperidine rings is 1. The monoisotopic (exact) mass is 405 g/mol. The van der Waals surface area contributed by atoms with E-state index in [4.69, 9.17) is 11.6 Å². The molecule has 1 N–H and O–H groups in total. The predicted molar refractivity (Wildman–Crippen MR) is 113 cm³/mol. The second-order valence-electron chi connectivity index (χ2n) is 8.01. The standard InChI is InChI=1S/C22H32ClN3O2/c1-2-25-12-4-7-20(25)16-24-21(27)9-8-17-10-13-26(14-11-17)22(28)18-5-3-6-19(23)15-18/h3,5-6,15,17,20H,2,4,7-14,16H2,1H3,(H,24,27). The van der Waals surface area contributed by atoms with Gasteiger partial charge >= 0.3 is 0 Å². The van der Waals surface area contributed by atoms with Gasteiger partial charge in [0.25, 0.3) is 5.91 Å². The fourth-order valence-corrected chi connectivity index (χ4v) is 4.62. The normalized spacial score (nSPS) is 21.1. The van der Waals surface area contributed by atoms with Crippen LogP contribution in [0.1, 0.15) is 55.8 Å². The molecule has 2 aliphatic heterocycles. The summed E-state index contributed by atoms with van der Waals surface area (Å²) in [7, 11) is 0. The Hall–Kier alpha value is -1.59. The van der Waals surface area contributed by atoms with Crippen molar-refractivity contribution in [3.05, 3.63) is 34.9 Å². The van der Waals surface area contributed by atoms with Gasteiger partial charge in [0.05, 0.1) is 0 Å². The largest absolute Gasteiger partial charge is 0.355 e. The van der Waals surface area contributed by atoms with E-state index < -0.39 is 0 Å². The molecule has 2 aliphatic rings. The molecule has 1 atom stereocenters. The number of nitrogens with zero attached hydrogens (tertiary/aromatic N) is 2. The number of likely N-dealkylation sites (tertiary alicyclic amines) is 2. The van der Waals surface area contributed by atoms with Gasteiger partial charge in [-0.3, -0.25) is 14.5 Å². The van der Waals surface area contributed by atoms with Crippen LogP contribution in [0.15, 0.2) is 24.3 Å². The van der Waals surface area contributed by atoms with Crippen LogP contribution in [0.2, 0.25) is 5.02 Å². The Bertz CT molecular complexity index is 674. The second kappa shape index (κ2) is 10.3. The Labute approximate surface area is 173 Å². The maximum atomic E-state index is 12.6. The van der Waals surface area contributed by atoms with Gasteiger partial charge in [-0.25, -0.2) is 0 Å². The minimum atomic E-state index is 0.0516. The maximum Gasteiger partial charge on any atom is 0.253 e. The third-order valence-corrected chi connectivity index (χ3v) is 6.43. The number of amides is 2. The quantitative estimate of drug-likeness (QED) is 0.754. The van der Waals surface area contributed by atoms with E-state index in [1.165, 1.54) is 12.8 Å². The van der Waals surface area contributed by atoms with Crippen LogP contribution in [0, 0.1) is 5.92 Å². The molecule has 5 nitrogen and oxygen atoms in total. The molecule has 6 heteroatoms. The van der Waals surface area contributed by atoms with Gasteiger partial charge in [0.1, 0.15) is 0 Å². The number of carbonyl (C=O) groups is 2. The van der Waals surface area contributed by atoms with Crippen LogP contribution in [0.4, 0.5) is 0 Å². The summed E-state index contributed by atoms with van der Waals surface area (Å²) < 4.78 is 0. The number of likely N-dealkylation sites (N-methyl/N-ethyl adjacent to an activating group) is 1. The van der Waals surface area contributed by atoms with E-state index in [9.17, 15) is 9.59 Å². The van der Waals surface area contributed by atoms with Crippen molar-refractivity contribution in [2.75, 3.05) is 32.7 Å². The van der Waals surface area contributed by atoms with E-state index in [-0.39, 0.29) is 11.8 Å². The van der Waals surface area contributed by atoms with Crippen molar-refractivity contribution in [3.8, 4) is 0 Å². The summed E-state index contributed by atoms with van der Waals surface area (Å²) in [6.45, 7) is 6.69. The average molecular weight is 406 g/mol. The van der Waals surface area contributed by atoms with E-state index in [0.29, 0.717) is 29.0 Å². The van der Waals surface area contributed by atoms with Crippen LogP contribution in [-0.4, -0.2) is 60.4 Å². The molecule has 1 unspecified atom stereocenters. The van der Waals surface area contributed by atoms with E-state index >= 15 is 0 Å². The first kappa shape index (κ1) is 21.1. The third kappa shape index (κ3) is 5.71. The molecule has 0 radical (unpaired) electrons. The summed E-state index contributed by atoms with van der Waals surface area (Å²) in [6, 6.07) is 7.64. The highest BCUT2D eigenvalue weighted by Gasteiger charge is 2.25. The van der Waals surface area contributed by atoms with Gasteiger partial charge < -0.3 is 10.2 Å². The van der Waals surface area contributed by atoms with Crippen LogP contribution < -0.4 is 5.32 Å². The molecule has 0 spiro atoms. The Morgan fingerprint density at radius 1 is 1.18 bits per heavy atom. The molecule has 2 amide bonds. The zero-order chi connectivity index (χ0) is 19.9. The van der Waals surface area contributed by atoms with E-state index in [0.717, 1.165) is 52.0 Å². The van der Waals surface area contributed by atoms with Gasteiger partial charge in [-0.1, -0.05) is 24.6 Å². The molecule has 154 valence electrons. The first-order valence-electron chi connectivity index (χ1n) is 10.6. The molecule has 0 aromatic heterocycles. The van der Waals surface area contributed by atoms with Crippen molar-refractivity contribution in [2.45, 2.75) is 51.5 Å². The van der Waals surface area contributed by atoms with Crippen molar-refractivity contribution >= 4 is 23.4 Å². The van der Waals surface area contributed by atoms with Gasteiger partial charge in [0.15, 0.2) is 0 Å². The Balaban J connectivity index is 1.35. The summed E-state index contributed by atoms with van der Waals surface area (Å²) in [5.74, 6) is 0.740. The van der Waals surface area contributed by atoms with Crippen LogP contribution >= 0.6 is 11.6 Å². The fourth-order valence-electron chi connectivity index (χ4n) is 4.43. The number of nitrogens with one attached hydrogen (secondary N) is 1. The number of benzene rings is 1. The summed E-state index contributed by atoms with van der Waals surface area (Å²) in [5.41, 5.74) is 0.651. The highest BCUT2D eigenvalue weighted by molar-refractivity contribution is 6.30. The molecular formula is C22H32ClN3O2. The Kier molecular flexibility index (Phi) is 7.74. The summed E-state index contributed by atoms with van der Waals surface area (Å²) in [5, 5.41) is 3.71. The van der Waals surface area contributed by atoms with Crippen LogP contribution in [0.3, 0.4) is 0 Å². The zero-order valence-corrected chi connectivity index (χ0v) is 17.6. The predicted octanol–water partition coefficient (Wildman–Crippen LogP) is 3.57. The molecular weight excluding hydrogens is 374 g/mol. The van der Waals surface area contributed by atoms with Crippen LogP contribution in [-0.2, 0) is 4.79 Å². The van der Waals surface area contributed by atoms with Crippen molar-refractivity contribution in [3.63, 3.8) is 0 Å². The Morgan fingerprint density at radius 3 is 2.68 bits per heavy atom. The average Bonchev–Trinajstić information content (AvgIpc) is 3.18. The highest BCUT2D eigenvalue weighted by atomic mass is 35.5. The zero-order valence-electron chi connectivity index (χ0n) is 16.8. The number of hydrogen-bond acceptors (Lipinski definition) is 3. The SMILES string of the molecule is CCN1CCCC1CNC(=O)CCC1CCN(C(=O)c2cccc(Cl)c2)CC1. The lowest BCUT2D eigenvalue weighted by Gasteiger charge is -2.32. The maximum absolute atomic E-state index is 12.6. The number of rotatable bonds is 7. The van der Waals surface area contributed by atoms with Crippen molar-refractivity contribution in [1.82, 2.24) is 15.1 Å². The molecule has 0 saturated carbocycles. The highest BCUT2D eigenvalue weighted by Crippen LogP contribution is 2.24. The summed E-state index contributed by atoms with van der Waals surface area (Å²) in [4.78, 5) is 29.2. The second-order valence-corrected chi connectivity index (χ2v) is 8.45. The Morgan fingerprint density at radius 2 is 1.96 bits per heavy atom. The van der Waals surface area contributed by atoms with Gasteiger partial charge in [-0.05, 0) is 69.3 Å². The minimum Gasteiger partial charge on any atom is -0.355 e. The lowest BCUT2D eigenvalue weighted by atomic mass is 9.91. The molecule has 2 heterocycles. The molecule has 3 rings (SSSR count). The lowest BCUT2D eigenvalue weighted by molar-refractivity contribution is -0.121. The van der Waals surface area contributed by atoms with E-state index in [1.54, 1.807) is 12.1 Å². The fraction of sp³-hybridized carbons (Fsp3) is 0.636.